The second kappa shape index (κ2) is 8.04. The van der Waals surface area contributed by atoms with Gasteiger partial charge in [0.15, 0.2) is 11.6 Å². The zero-order chi connectivity index (χ0) is 20.4. The van der Waals surface area contributed by atoms with Crippen molar-refractivity contribution in [3.63, 3.8) is 0 Å². The summed E-state index contributed by atoms with van der Waals surface area (Å²) < 4.78 is 1.57. The van der Waals surface area contributed by atoms with E-state index in [0.29, 0.717) is 29.5 Å². The van der Waals surface area contributed by atoms with Gasteiger partial charge in [-0.15, -0.1) is 0 Å². The second-order valence-corrected chi connectivity index (χ2v) is 7.96. The van der Waals surface area contributed by atoms with Crippen LogP contribution < -0.4 is 5.32 Å². The average molecular weight is 387 g/mol. The molecule has 2 aromatic heterocycles. The van der Waals surface area contributed by atoms with Gasteiger partial charge in [0.2, 0.25) is 5.91 Å². The minimum absolute atomic E-state index is 0.0659. The van der Waals surface area contributed by atoms with E-state index >= 15 is 0 Å². The number of hydrogen-bond acceptors (Lipinski definition) is 4. The lowest BCUT2D eigenvalue weighted by atomic mass is 9.87. The van der Waals surface area contributed by atoms with Crippen LogP contribution in [-0.4, -0.2) is 20.7 Å². The highest BCUT2D eigenvalue weighted by Gasteiger charge is 2.21. The fourth-order valence-electron chi connectivity index (χ4n) is 4.21. The number of rotatable bonds is 4. The first-order chi connectivity index (χ1) is 14.1. The largest absolute Gasteiger partial charge is 0.309 e. The van der Waals surface area contributed by atoms with Gasteiger partial charge < -0.3 is 5.32 Å². The number of pyridine rings is 1. The van der Waals surface area contributed by atoms with E-state index in [9.17, 15) is 10.1 Å². The minimum Gasteiger partial charge on any atom is -0.309 e. The van der Waals surface area contributed by atoms with Crippen LogP contribution in [0.2, 0.25) is 0 Å². The van der Waals surface area contributed by atoms with Gasteiger partial charge in [-0.1, -0.05) is 37.5 Å². The number of para-hydroxylation sites is 1. The number of nitrogens with zero attached hydrogens (tertiary/aromatic N) is 4. The number of nitriles is 1. The van der Waals surface area contributed by atoms with Crippen molar-refractivity contribution in [1.29, 1.82) is 5.26 Å². The number of nitrogens with one attached hydrogen (secondary N) is 1. The Morgan fingerprint density at radius 2 is 2.03 bits per heavy atom. The molecule has 0 unspecified atom stereocenters. The minimum atomic E-state index is -0.0659. The number of anilines is 1. The van der Waals surface area contributed by atoms with Gasteiger partial charge in [-0.05, 0) is 49.8 Å². The molecule has 1 saturated carbocycles. The van der Waals surface area contributed by atoms with Gasteiger partial charge in [0.05, 0.1) is 11.7 Å². The number of fused-ring (bicyclic) bond motifs is 1. The summed E-state index contributed by atoms with van der Waals surface area (Å²) >= 11 is 0. The van der Waals surface area contributed by atoms with Gasteiger partial charge in [-0.2, -0.15) is 15.0 Å². The standard InChI is InChI=1S/C23H25N5O/c1-15-7-6-10-19-16(2)11-20(26-22(15)19)28-23(18(13-24)14-25-28)27-21(29)12-17-8-4-3-5-9-17/h6-7,10-11,14,17H,3-5,8-9,12H2,1-2H3,(H,27,29). The van der Waals surface area contributed by atoms with Crippen molar-refractivity contribution >= 4 is 22.6 Å². The van der Waals surface area contributed by atoms with E-state index in [2.05, 4.69) is 16.5 Å². The highest BCUT2D eigenvalue weighted by Crippen LogP contribution is 2.28. The molecule has 29 heavy (non-hydrogen) atoms. The van der Waals surface area contributed by atoms with Gasteiger partial charge >= 0.3 is 0 Å². The second-order valence-electron chi connectivity index (χ2n) is 7.96. The average Bonchev–Trinajstić information content (AvgIpc) is 3.12. The number of carbonyl (C=O) groups is 1. The summed E-state index contributed by atoms with van der Waals surface area (Å²) in [6.07, 6.45) is 7.81. The zero-order valence-corrected chi connectivity index (χ0v) is 16.9. The summed E-state index contributed by atoms with van der Waals surface area (Å²) in [7, 11) is 0. The third-order valence-corrected chi connectivity index (χ3v) is 5.80. The number of benzene rings is 1. The topological polar surface area (TPSA) is 83.6 Å². The maximum absolute atomic E-state index is 12.7. The molecule has 6 heteroatoms. The Morgan fingerprint density at radius 3 is 2.79 bits per heavy atom. The van der Waals surface area contributed by atoms with Crippen LogP contribution in [0.15, 0.2) is 30.5 Å². The number of hydrogen-bond donors (Lipinski definition) is 1. The van der Waals surface area contributed by atoms with Crippen molar-refractivity contribution < 1.29 is 4.79 Å². The van der Waals surface area contributed by atoms with E-state index in [-0.39, 0.29) is 5.91 Å². The lowest BCUT2D eigenvalue weighted by Gasteiger charge is -2.21. The normalized spacial score (nSPS) is 14.7. The first kappa shape index (κ1) is 19.1. The molecule has 1 fully saturated rings. The fourth-order valence-corrected chi connectivity index (χ4v) is 4.21. The number of aromatic nitrogens is 3. The first-order valence-corrected chi connectivity index (χ1v) is 10.2. The van der Waals surface area contributed by atoms with Crippen LogP contribution in [-0.2, 0) is 4.79 Å². The molecule has 6 nitrogen and oxygen atoms in total. The predicted octanol–water partition coefficient (Wildman–Crippen LogP) is 4.82. The number of carbonyl (C=O) groups excluding carboxylic acids is 1. The highest BCUT2D eigenvalue weighted by atomic mass is 16.1. The number of aryl methyl sites for hydroxylation is 2. The summed E-state index contributed by atoms with van der Waals surface area (Å²) in [5, 5.41) is 17.9. The summed E-state index contributed by atoms with van der Waals surface area (Å²) in [5.41, 5.74) is 3.38. The molecule has 0 saturated heterocycles. The first-order valence-electron chi connectivity index (χ1n) is 10.2. The van der Waals surface area contributed by atoms with Crippen LogP contribution in [0.5, 0.6) is 0 Å². The van der Waals surface area contributed by atoms with Crippen LogP contribution in [0.25, 0.3) is 16.7 Å². The predicted molar refractivity (Wildman–Crippen MR) is 113 cm³/mol. The Kier molecular flexibility index (Phi) is 5.30. The highest BCUT2D eigenvalue weighted by molar-refractivity contribution is 5.92. The Hall–Kier alpha value is -3.20. The summed E-state index contributed by atoms with van der Waals surface area (Å²) in [5.74, 6) is 1.35. The molecule has 0 spiro atoms. The van der Waals surface area contributed by atoms with E-state index in [1.165, 1.54) is 25.5 Å². The molecule has 1 aliphatic rings. The molecule has 2 heterocycles. The van der Waals surface area contributed by atoms with Gasteiger partial charge in [0.25, 0.3) is 0 Å². The van der Waals surface area contributed by atoms with Gasteiger partial charge in [0, 0.05) is 11.8 Å². The van der Waals surface area contributed by atoms with Crippen molar-refractivity contribution in [3.8, 4) is 11.9 Å². The van der Waals surface area contributed by atoms with Crippen molar-refractivity contribution in [1.82, 2.24) is 14.8 Å². The molecule has 1 N–H and O–H groups in total. The molecule has 148 valence electrons. The molecule has 0 aliphatic heterocycles. The molecule has 1 amide bonds. The van der Waals surface area contributed by atoms with E-state index in [4.69, 9.17) is 4.98 Å². The Bertz CT molecular complexity index is 1100. The van der Waals surface area contributed by atoms with Gasteiger partial charge in [0.1, 0.15) is 11.6 Å². The Balaban J connectivity index is 1.68. The van der Waals surface area contributed by atoms with Crippen LogP contribution in [0.1, 0.15) is 55.2 Å². The maximum Gasteiger partial charge on any atom is 0.225 e. The Labute approximate surface area is 170 Å². The lowest BCUT2D eigenvalue weighted by molar-refractivity contribution is -0.117. The molecule has 4 rings (SSSR count). The summed E-state index contributed by atoms with van der Waals surface area (Å²) in [6, 6.07) is 10.2. The molecule has 0 radical (unpaired) electrons. The van der Waals surface area contributed by atoms with Gasteiger partial charge in [-0.3, -0.25) is 4.79 Å². The van der Waals surface area contributed by atoms with Crippen LogP contribution in [0.3, 0.4) is 0 Å². The van der Waals surface area contributed by atoms with Crippen molar-refractivity contribution in [2.75, 3.05) is 5.32 Å². The molecule has 0 atom stereocenters. The molecule has 1 aromatic carbocycles. The third-order valence-electron chi connectivity index (χ3n) is 5.80. The van der Waals surface area contributed by atoms with E-state index in [0.717, 1.165) is 34.9 Å². The van der Waals surface area contributed by atoms with Crippen LogP contribution in [0, 0.1) is 31.1 Å². The van der Waals surface area contributed by atoms with E-state index in [1.807, 2.05) is 38.1 Å². The number of amides is 1. The third kappa shape index (κ3) is 3.86. The lowest BCUT2D eigenvalue weighted by Crippen LogP contribution is -2.20. The molecule has 0 bridgehead atoms. The summed E-state index contributed by atoms with van der Waals surface area (Å²) in [4.78, 5) is 17.5. The fraction of sp³-hybridized carbons (Fsp3) is 0.391. The molecule has 1 aliphatic carbocycles. The SMILES string of the molecule is Cc1cc(-n2ncc(C#N)c2NC(=O)CC2CCCCC2)nc2c(C)cccc12. The quantitative estimate of drug-likeness (QED) is 0.696. The van der Waals surface area contributed by atoms with Gasteiger partial charge in [-0.25, -0.2) is 4.98 Å². The molecular weight excluding hydrogens is 362 g/mol. The van der Waals surface area contributed by atoms with Crippen molar-refractivity contribution in [3.05, 3.63) is 47.2 Å². The monoisotopic (exact) mass is 387 g/mol. The zero-order valence-electron chi connectivity index (χ0n) is 16.9. The summed E-state index contributed by atoms with van der Waals surface area (Å²) in [6.45, 7) is 4.05. The van der Waals surface area contributed by atoms with Crippen molar-refractivity contribution in [2.45, 2.75) is 52.4 Å². The molecular formula is C23H25N5O. The van der Waals surface area contributed by atoms with Crippen LogP contribution in [0.4, 0.5) is 5.82 Å². The van der Waals surface area contributed by atoms with Crippen LogP contribution >= 0.6 is 0 Å². The maximum atomic E-state index is 12.7. The molecule has 3 aromatic rings. The van der Waals surface area contributed by atoms with E-state index in [1.54, 1.807) is 4.68 Å². The smallest absolute Gasteiger partial charge is 0.225 e. The Morgan fingerprint density at radius 1 is 1.24 bits per heavy atom. The van der Waals surface area contributed by atoms with Crippen molar-refractivity contribution in [2.24, 2.45) is 5.92 Å². The van der Waals surface area contributed by atoms with E-state index < -0.39 is 0 Å².